The van der Waals surface area contributed by atoms with E-state index in [1.54, 1.807) is 26.0 Å². The number of rotatable bonds is 1. The predicted molar refractivity (Wildman–Crippen MR) is 85.3 cm³/mol. The van der Waals surface area contributed by atoms with Gasteiger partial charge >= 0.3 is 7.12 Å². The molecule has 1 aliphatic rings. The number of halogens is 1. The summed E-state index contributed by atoms with van der Waals surface area (Å²) in [6.45, 7) is 10.9. The molecule has 22 heavy (non-hydrogen) atoms. The van der Waals surface area contributed by atoms with Crippen LogP contribution in [0.1, 0.15) is 47.1 Å². The predicted octanol–water partition coefficient (Wildman–Crippen LogP) is 2.25. The van der Waals surface area contributed by atoms with Gasteiger partial charge in [-0.05, 0) is 59.1 Å². The highest BCUT2D eigenvalue weighted by Gasteiger charge is 2.51. The van der Waals surface area contributed by atoms with Crippen molar-refractivity contribution in [3.05, 3.63) is 29.6 Å². The lowest BCUT2D eigenvalue weighted by atomic mass is 9.78. The smallest absolute Gasteiger partial charge is 0.399 e. The van der Waals surface area contributed by atoms with E-state index in [4.69, 9.17) is 9.31 Å². The third-order valence-electron chi connectivity index (χ3n) is 4.02. The van der Waals surface area contributed by atoms with Gasteiger partial charge in [0.05, 0.1) is 16.8 Å². The first-order valence-electron chi connectivity index (χ1n) is 7.32. The van der Waals surface area contributed by atoms with E-state index in [-0.39, 0.29) is 5.56 Å². The second-order valence-corrected chi connectivity index (χ2v) is 7.14. The number of benzene rings is 1. The van der Waals surface area contributed by atoms with Crippen molar-refractivity contribution in [2.75, 3.05) is 0 Å². The first kappa shape index (κ1) is 17.0. The summed E-state index contributed by atoms with van der Waals surface area (Å²) >= 11 is 0. The van der Waals surface area contributed by atoms with Crippen LogP contribution in [0, 0.1) is 17.7 Å². The lowest BCUT2D eigenvalue weighted by Crippen LogP contribution is -2.41. The van der Waals surface area contributed by atoms with Gasteiger partial charge in [-0.3, -0.25) is 0 Å². The zero-order valence-corrected chi connectivity index (χ0v) is 14.0. The molecule has 1 fully saturated rings. The van der Waals surface area contributed by atoms with Crippen LogP contribution in [0.3, 0.4) is 0 Å². The zero-order chi connectivity index (χ0) is 16.8. The van der Waals surface area contributed by atoms with Crippen molar-refractivity contribution in [3.8, 4) is 11.8 Å². The SMILES string of the molecule is CC(C)(O)C#Cc1ccc(B2OC(C)(C)C(C)(C)O2)cc1F. The summed E-state index contributed by atoms with van der Waals surface area (Å²) in [5.41, 5.74) is -1.23. The van der Waals surface area contributed by atoms with E-state index in [1.807, 2.05) is 27.7 Å². The number of hydrogen-bond donors (Lipinski definition) is 1. The van der Waals surface area contributed by atoms with Gasteiger partial charge in [0.1, 0.15) is 11.4 Å². The van der Waals surface area contributed by atoms with Gasteiger partial charge in [0.25, 0.3) is 0 Å². The highest BCUT2D eigenvalue weighted by Crippen LogP contribution is 2.36. The maximum absolute atomic E-state index is 14.2. The molecular weight excluding hydrogens is 282 g/mol. The van der Waals surface area contributed by atoms with Crippen LogP contribution in [0.25, 0.3) is 0 Å². The summed E-state index contributed by atoms with van der Waals surface area (Å²) in [5.74, 6) is 4.79. The summed E-state index contributed by atoms with van der Waals surface area (Å²) in [6, 6.07) is 4.69. The van der Waals surface area contributed by atoms with Crippen molar-refractivity contribution in [3.63, 3.8) is 0 Å². The van der Waals surface area contributed by atoms with Crippen LogP contribution in [0.4, 0.5) is 4.39 Å². The van der Waals surface area contributed by atoms with Crippen LogP contribution < -0.4 is 5.46 Å². The monoisotopic (exact) mass is 304 g/mol. The molecule has 118 valence electrons. The third kappa shape index (κ3) is 3.52. The number of hydrogen-bond acceptors (Lipinski definition) is 3. The Morgan fingerprint density at radius 2 is 1.68 bits per heavy atom. The maximum Gasteiger partial charge on any atom is 0.494 e. The third-order valence-corrected chi connectivity index (χ3v) is 4.02. The molecule has 1 aromatic carbocycles. The fourth-order valence-corrected chi connectivity index (χ4v) is 1.98. The van der Waals surface area contributed by atoms with Crippen molar-refractivity contribution < 1.29 is 18.8 Å². The molecule has 0 saturated carbocycles. The molecule has 0 atom stereocenters. The molecule has 5 heteroatoms. The molecule has 1 saturated heterocycles. The average molecular weight is 304 g/mol. The highest BCUT2D eigenvalue weighted by atomic mass is 19.1. The molecule has 3 nitrogen and oxygen atoms in total. The van der Waals surface area contributed by atoms with Gasteiger partial charge < -0.3 is 14.4 Å². The molecule has 1 heterocycles. The Kier molecular flexibility index (Phi) is 4.16. The van der Waals surface area contributed by atoms with E-state index >= 15 is 0 Å². The van der Waals surface area contributed by atoms with Gasteiger partial charge in [-0.1, -0.05) is 17.9 Å². The largest absolute Gasteiger partial charge is 0.494 e. The Morgan fingerprint density at radius 3 is 2.14 bits per heavy atom. The Morgan fingerprint density at radius 1 is 1.14 bits per heavy atom. The molecule has 0 aliphatic carbocycles. The number of aliphatic hydroxyl groups is 1. The first-order valence-corrected chi connectivity index (χ1v) is 7.32. The minimum Gasteiger partial charge on any atom is -0.399 e. The van der Waals surface area contributed by atoms with Crippen LogP contribution >= 0.6 is 0 Å². The zero-order valence-electron chi connectivity index (χ0n) is 14.0. The fourth-order valence-electron chi connectivity index (χ4n) is 1.98. The van der Waals surface area contributed by atoms with Crippen molar-refractivity contribution >= 4 is 12.6 Å². The van der Waals surface area contributed by atoms with E-state index in [0.29, 0.717) is 5.46 Å². The van der Waals surface area contributed by atoms with Gasteiger partial charge in [0, 0.05) is 0 Å². The summed E-state index contributed by atoms with van der Waals surface area (Å²) < 4.78 is 26.0. The van der Waals surface area contributed by atoms with Crippen molar-refractivity contribution in [2.45, 2.75) is 58.3 Å². The van der Waals surface area contributed by atoms with Gasteiger partial charge in [0.2, 0.25) is 0 Å². The summed E-state index contributed by atoms with van der Waals surface area (Å²) in [4.78, 5) is 0. The molecule has 1 aromatic rings. The molecule has 1 aliphatic heterocycles. The molecule has 0 radical (unpaired) electrons. The van der Waals surface area contributed by atoms with Gasteiger partial charge in [-0.2, -0.15) is 0 Å². The normalized spacial score (nSPS) is 19.7. The average Bonchev–Trinajstić information content (AvgIpc) is 2.56. The molecule has 0 spiro atoms. The topological polar surface area (TPSA) is 38.7 Å². The van der Waals surface area contributed by atoms with Gasteiger partial charge in [-0.25, -0.2) is 4.39 Å². The molecule has 0 bridgehead atoms. The van der Waals surface area contributed by atoms with E-state index in [9.17, 15) is 9.50 Å². The Balaban J connectivity index is 2.26. The highest BCUT2D eigenvalue weighted by molar-refractivity contribution is 6.62. The fraction of sp³-hybridized carbons (Fsp3) is 0.529. The molecular formula is C17H22BFO3. The van der Waals surface area contributed by atoms with Crippen LogP contribution in [0.15, 0.2) is 18.2 Å². The van der Waals surface area contributed by atoms with E-state index in [2.05, 4.69) is 11.8 Å². The second-order valence-electron chi connectivity index (χ2n) is 7.14. The lowest BCUT2D eigenvalue weighted by molar-refractivity contribution is 0.00578. The molecule has 2 rings (SSSR count). The Bertz CT molecular complexity index is 620. The van der Waals surface area contributed by atoms with Crippen LogP contribution in [-0.4, -0.2) is 29.0 Å². The van der Waals surface area contributed by atoms with Crippen LogP contribution in [0.5, 0.6) is 0 Å². The molecule has 0 unspecified atom stereocenters. The lowest BCUT2D eigenvalue weighted by Gasteiger charge is -2.32. The Labute approximate surface area is 132 Å². The standard InChI is InChI=1S/C17H22BFO3/c1-15(2,20)10-9-12-7-8-13(11-14(12)19)18-21-16(3,4)17(5,6)22-18/h7-8,11,20H,1-6H3. The minimum atomic E-state index is -1.16. The molecule has 0 aromatic heterocycles. The van der Waals surface area contributed by atoms with Crippen molar-refractivity contribution in [1.29, 1.82) is 0 Å². The quantitative estimate of drug-likeness (QED) is 0.639. The van der Waals surface area contributed by atoms with Crippen molar-refractivity contribution in [2.24, 2.45) is 0 Å². The van der Waals surface area contributed by atoms with E-state index in [1.165, 1.54) is 6.07 Å². The van der Waals surface area contributed by atoms with Gasteiger partial charge in [0.15, 0.2) is 0 Å². The minimum absolute atomic E-state index is 0.238. The van der Waals surface area contributed by atoms with E-state index < -0.39 is 29.7 Å². The first-order chi connectivity index (χ1) is 9.91. The summed E-state index contributed by atoms with van der Waals surface area (Å²) in [5, 5.41) is 9.58. The van der Waals surface area contributed by atoms with Crippen LogP contribution in [-0.2, 0) is 9.31 Å². The molecule has 0 amide bonds. The van der Waals surface area contributed by atoms with Crippen molar-refractivity contribution in [1.82, 2.24) is 0 Å². The summed E-state index contributed by atoms with van der Waals surface area (Å²) in [6.07, 6.45) is 0. The van der Waals surface area contributed by atoms with Crippen LogP contribution in [0.2, 0.25) is 0 Å². The molecule has 1 N–H and O–H groups in total. The van der Waals surface area contributed by atoms with Gasteiger partial charge in [-0.15, -0.1) is 0 Å². The second kappa shape index (κ2) is 5.38. The van der Waals surface area contributed by atoms with E-state index in [0.717, 1.165) is 0 Å². The Hall–Kier alpha value is -1.35. The summed E-state index contributed by atoms with van der Waals surface area (Å²) in [7, 11) is -0.601. The maximum atomic E-state index is 14.2.